The van der Waals surface area contributed by atoms with E-state index in [1.54, 1.807) is 0 Å². The van der Waals surface area contributed by atoms with Crippen LogP contribution in [0.5, 0.6) is 0 Å². The summed E-state index contributed by atoms with van der Waals surface area (Å²) in [4.78, 5) is 12.1. The number of hydrogen-bond donors (Lipinski definition) is 0. The molecule has 140 valence electrons. The lowest BCUT2D eigenvalue weighted by atomic mass is 10.0. The van der Waals surface area contributed by atoms with Gasteiger partial charge < -0.3 is 9.64 Å². The molecule has 0 amide bonds. The second-order valence-corrected chi connectivity index (χ2v) is 6.64. The Balaban J connectivity index is 2.05. The van der Waals surface area contributed by atoms with Gasteiger partial charge in [0.15, 0.2) is 0 Å². The maximum atomic E-state index is 5.55. The van der Waals surface area contributed by atoms with Crippen molar-refractivity contribution in [1.29, 1.82) is 0 Å². The summed E-state index contributed by atoms with van der Waals surface area (Å²) in [6, 6.07) is 20.8. The molecule has 0 N–H and O–H groups in total. The van der Waals surface area contributed by atoms with Crippen molar-refractivity contribution < 1.29 is 4.74 Å². The summed E-state index contributed by atoms with van der Waals surface area (Å²) in [7, 11) is 0. The molecular formula is C23H27N3O. The predicted molar refractivity (Wildman–Crippen MR) is 112 cm³/mol. The van der Waals surface area contributed by atoms with E-state index in [4.69, 9.17) is 14.7 Å². The average Bonchev–Trinajstić information content (AvgIpc) is 2.72. The zero-order chi connectivity index (χ0) is 19.1. The first-order chi connectivity index (χ1) is 13.2. The molecule has 0 aliphatic carbocycles. The maximum absolute atomic E-state index is 5.55. The molecule has 0 atom stereocenters. The molecule has 0 unspecified atom stereocenters. The molecule has 0 aliphatic heterocycles. The van der Waals surface area contributed by atoms with Crippen molar-refractivity contribution in [3.8, 4) is 22.5 Å². The van der Waals surface area contributed by atoms with E-state index in [9.17, 15) is 0 Å². The molecule has 1 heterocycles. The summed E-state index contributed by atoms with van der Waals surface area (Å²) >= 11 is 0. The van der Waals surface area contributed by atoms with Crippen LogP contribution in [0.2, 0.25) is 0 Å². The van der Waals surface area contributed by atoms with Crippen molar-refractivity contribution in [2.75, 3.05) is 24.7 Å². The molecule has 0 bridgehead atoms. The highest BCUT2D eigenvalue weighted by Crippen LogP contribution is 2.30. The van der Waals surface area contributed by atoms with E-state index in [2.05, 4.69) is 43.0 Å². The summed E-state index contributed by atoms with van der Waals surface area (Å²) < 4.78 is 5.55. The number of ether oxygens (including phenoxy) is 1. The SMILES string of the molecule is CCOCCN(c1cnc(-c2ccccc2)c(-c2ccccc2)n1)C(C)C. The van der Waals surface area contributed by atoms with Crippen molar-refractivity contribution in [2.45, 2.75) is 26.8 Å². The standard InChI is InChI=1S/C23H27N3O/c1-4-27-16-15-26(18(2)3)21-17-24-22(19-11-7-5-8-12-19)23(25-21)20-13-9-6-10-14-20/h5-14,17-18H,4,15-16H2,1-3H3. The Morgan fingerprint density at radius 3 is 2.04 bits per heavy atom. The fourth-order valence-corrected chi connectivity index (χ4v) is 3.07. The molecule has 3 aromatic rings. The minimum atomic E-state index is 0.311. The van der Waals surface area contributed by atoms with E-state index in [0.29, 0.717) is 12.6 Å². The van der Waals surface area contributed by atoms with Crippen LogP contribution in [0.1, 0.15) is 20.8 Å². The highest BCUT2D eigenvalue weighted by molar-refractivity contribution is 5.78. The molecule has 2 aromatic carbocycles. The van der Waals surface area contributed by atoms with Crippen LogP contribution in [-0.2, 0) is 4.74 Å². The molecule has 0 aliphatic rings. The van der Waals surface area contributed by atoms with Crippen LogP contribution in [0.4, 0.5) is 5.82 Å². The number of aromatic nitrogens is 2. The van der Waals surface area contributed by atoms with Crippen LogP contribution in [0.25, 0.3) is 22.5 Å². The van der Waals surface area contributed by atoms with Gasteiger partial charge in [0.1, 0.15) is 5.82 Å². The van der Waals surface area contributed by atoms with Crippen molar-refractivity contribution in [1.82, 2.24) is 9.97 Å². The molecule has 0 saturated heterocycles. The predicted octanol–water partition coefficient (Wildman–Crippen LogP) is 5.06. The summed E-state index contributed by atoms with van der Waals surface area (Å²) in [6.07, 6.45) is 1.88. The van der Waals surface area contributed by atoms with Crippen LogP contribution in [0.15, 0.2) is 66.9 Å². The molecule has 0 saturated carbocycles. The average molecular weight is 361 g/mol. The Labute approximate surface area is 161 Å². The molecule has 0 spiro atoms. The van der Waals surface area contributed by atoms with Gasteiger partial charge in [-0.1, -0.05) is 60.7 Å². The third kappa shape index (κ3) is 4.72. The van der Waals surface area contributed by atoms with Gasteiger partial charge in [-0.2, -0.15) is 0 Å². The molecule has 0 radical (unpaired) electrons. The molecular weight excluding hydrogens is 334 g/mol. The van der Waals surface area contributed by atoms with Gasteiger partial charge in [-0.3, -0.25) is 4.98 Å². The number of hydrogen-bond acceptors (Lipinski definition) is 4. The number of anilines is 1. The number of nitrogens with zero attached hydrogens (tertiary/aromatic N) is 3. The van der Waals surface area contributed by atoms with Crippen LogP contribution < -0.4 is 4.90 Å². The lowest BCUT2D eigenvalue weighted by Gasteiger charge is -2.28. The second-order valence-electron chi connectivity index (χ2n) is 6.64. The fourth-order valence-electron chi connectivity index (χ4n) is 3.07. The third-order valence-electron chi connectivity index (χ3n) is 4.45. The Bertz CT molecular complexity index is 835. The Kier molecular flexibility index (Phi) is 6.55. The first kappa shape index (κ1) is 19.1. The van der Waals surface area contributed by atoms with E-state index in [0.717, 1.165) is 41.5 Å². The van der Waals surface area contributed by atoms with Gasteiger partial charge in [0.2, 0.25) is 0 Å². The molecule has 4 nitrogen and oxygen atoms in total. The molecule has 1 aromatic heterocycles. The largest absolute Gasteiger partial charge is 0.380 e. The highest BCUT2D eigenvalue weighted by atomic mass is 16.5. The minimum Gasteiger partial charge on any atom is -0.380 e. The third-order valence-corrected chi connectivity index (χ3v) is 4.45. The van der Waals surface area contributed by atoms with Crippen molar-refractivity contribution in [3.63, 3.8) is 0 Å². The number of benzene rings is 2. The van der Waals surface area contributed by atoms with Gasteiger partial charge >= 0.3 is 0 Å². The van der Waals surface area contributed by atoms with E-state index < -0.39 is 0 Å². The Hall–Kier alpha value is -2.72. The molecule has 4 heteroatoms. The van der Waals surface area contributed by atoms with Gasteiger partial charge in [0.25, 0.3) is 0 Å². The van der Waals surface area contributed by atoms with Gasteiger partial charge in [-0.25, -0.2) is 4.98 Å². The topological polar surface area (TPSA) is 38.2 Å². The van der Waals surface area contributed by atoms with Crippen LogP contribution in [0.3, 0.4) is 0 Å². The summed E-state index contributed by atoms with van der Waals surface area (Å²) in [5.74, 6) is 0.878. The van der Waals surface area contributed by atoms with Crippen LogP contribution >= 0.6 is 0 Å². The lowest BCUT2D eigenvalue weighted by Crippen LogP contribution is -2.35. The first-order valence-electron chi connectivity index (χ1n) is 9.53. The quantitative estimate of drug-likeness (QED) is 0.526. The molecule has 0 fully saturated rings. The van der Waals surface area contributed by atoms with Crippen LogP contribution in [0, 0.1) is 0 Å². The smallest absolute Gasteiger partial charge is 0.148 e. The van der Waals surface area contributed by atoms with Gasteiger partial charge in [-0.15, -0.1) is 0 Å². The van der Waals surface area contributed by atoms with Crippen LogP contribution in [-0.4, -0.2) is 35.8 Å². The molecule has 3 rings (SSSR count). The summed E-state index contributed by atoms with van der Waals surface area (Å²) in [5, 5.41) is 0. The van der Waals surface area contributed by atoms with E-state index in [-0.39, 0.29) is 0 Å². The van der Waals surface area contributed by atoms with Gasteiger partial charge in [0, 0.05) is 30.3 Å². The van der Waals surface area contributed by atoms with Crippen molar-refractivity contribution in [3.05, 3.63) is 66.9 Å². The van der Waals surface area contributed by atoms with E-state index >= 15 is 0 Å². The van der Waals surface area contributed by atoms with Gasteiger partial charge in [0.05, 0.1) is 24.2 Å². The number of rotatable bonds is 8. The Morgan fingerprint density at radius 1 is 0.889 bits per heavy atom. The fraction of sp³-hybridized carbons (Fsp3) is 0.304. The zero-order valence-electron chi connectivity index (χ0n) is 16.3. The zero-order valence-corrected chi connectivity index (χ0v) is 16.3. The first-order valence-corrected chi connectivity index (χ1v) is 9.53. The maximum Gasteiger partial charge on any atom is 0.148 e. The van der Waals surface area contributed by atoms with Gasteiger partial charge in [-0.05, 0) is 20.8 Å². The lowest BCUT2D eigenvalue weighted by molar-refractivity contribution is 0.152. The Morgan fingerprint density at radius 2 is 1.48 bits per heavy atom. The summed E-state index contributed by atoms with van der Waals surface area (Å²) in [5.41, 5.74) is 3.94. The van der Waals surface area contributed by atoms with Crippen molar-refractivity contribution in [2.24, 2.45) is 0 Å². The van der Waals surface area contributed by atoms with E-state index in [1.807, 2.05) is 49.5 Å². The minimum absolute atomic E-state index is 0.311. The summed E-state index contributed by atoms with van der Waals surface area (Å²) in [6.45, 7) is 8.54. The molecule has 27 heavy (non-hydrogen) atoms. The van der Waals surface area contributed by atoms with E-state index in [1.165, 1.54) is 0 Å². The second kappa shape index (κ2) is 9.28. The highest BCUT2D eigenvalue weighted by Gasteiger charge is 2.17. The normalized spacial score (nSPS) is 11.0. The monoisotopic (exact) mass is 361 g/mol. The van der Waals surface area contributed by atoms with Crippen molar-refractivity contribution >= 4 is 5.82 Å².